The van der Waals surface area contributed by atoms with Crippen molar-refractivity contribution in [1.29, 1.82) is 0 Å². The maximum absolute atomic E-state index is 13.6. The van der Waals surface area contributed by atoms with E-state index in [1.54, 1.807) is 6.92 Å². The third-order valence-electron chi connectivity index (χ3n) is 3.17. The van der Waals surface area contributed by atoms with E-state index in [9.17, 15) is 8.78 Å². The van der Waals surface area contributed by atoms with Crippen LogP contribution in [0.25, 0.3) is 0 Å². The first kappa shape index (κ1) is 14.4. The van der Waals surface area contributed by atoms with E-state index in [0.29, 0.717) is 18.8 Å². The fourth-order valence-electron chi connectivity index (χ4n) is 2.08. The van der Waals surface area contributed by atoms with Crippen molar-refractivity contribution >= 4 is 0 Å². The highest BCUT2D eigenvalue weighted by Crippen LogP contribution is 2.21. The summed E-state index contributed by atoms with van der Waals surface area (Å²) in [4.78, 5) is 0. The first-order valence-electron chi connectivity index (χ1n) is 6.36. The van der Waals surface area contributed by atoms with E-state index in [0.717, 1.165) is 12.1 Å². The van der Waals surface area contributed by atoms with Crippen LogP contribution in [0.15, 0.2) is 18.2 Å². The van der Waals surface area contributed by atoms with Gasteiger partial charge in [0, 0.05) is 11.6 Å². The molecule has 0 aromatic heterocycles. The average Bonchev–Trinajstić information content (AvgIpc) is 2.35. The Morgan fingerprint density at radius 3 is 2.53 bits per heavy atom. The largest absolute Gasteiger partial charge is 0.349 e. The normalized spacial score (nSPS) is 21.3. The molecular weight excluding hydrogens is 252 g/mol. The summed E-state index contributed by atoms with van der Waals surface area (Å²) in [7, 11) is 0. The van der Waals surface area contributed by atoms with Crippen molar-refractivity contribution in [2.45, 2.75) is 38.6 Å². The van der Waals surface area contributed by atoms with E-state index in [-0.39, 0.29) is 12.1 Å². The molecule has 1 aliphatic rings. The van der Waals surface area contributed by atoms with Gasteiger partial charge in [-0.25, -0.2) is 8.78 Å². The van der Waals surface area contributed by atoms with Gasteiger partial charge in [0.05, 0.1) is 19.3 Å². The predicted molar refractivity (Wildman–Crippen MR) is 67.7 cm³/mol. The molecule has 0 bridgehead atoms. The smallest absolute Gasteiger partial charge is 0.162 e. The summed E-state index contributed by atoms with van der Waals surface area (Å²) < 4.78 is 37.8. The van der Waals surface area contributed by atoms with Crippen LogP contribution in [0.1, 0.15) is 32.4 Å². The lowest BCUT2D eigenvalue weighted by atomic mass is 10.1. The van der Waals surface area contributed by atoms with Crippen LogP contribution < -0.4 is 5.32 Å². The molecule has 0 saturated carbocycles. The summed E-state index contributed by atoms with van der Waals surface area (Å²) in [5, 5.41) is 3.18. The Hall–Kier alpha value is -1.04. The zero-order valence-electron chi connectivity index (χ0n) is 11.4. The third kappa shape index (κ3) is 3.72. The van der Waals surface area contributed by atoms with Gasteiger partial charge >= 0.3 is 0 Å². The van der Waals surface area contributed by atoms with Crippen LogP contribution in [0.3, 0.4) is 0 Å². The Balaban J connectivity index is 1.98. The number of hydrogen-bond acceptors (Lipinski definition) is 3. The molecular formula is C14H19F2NO2. The Morgan fingerprint density at radius 2 is 1.89 bits per heavy atom. The molecule has 0 aliphatic carbocycles. The maximum atomic E-state index is 13.6. The Kier molecular flexibility index (Phi) is 4.18. The highest BCUT2D eigenvalue weighted by atomic mass is 19.1. The lowest BCUT2D eigenvalue weighted by Crippen LogP contribution is -2.49. The van der Waals surface area contributed by atoms with Crippen LogP contribution in [0.2, 0.25) is 0 Å². The molecule has 0 spiro atoms. The number of ether oxygens (including phenoxy) is 2. The SMILES string of the molecule is CC(NC1COC(C)(C)OC1)c1cc(F)ccc1F. The molecule has 0 radical (unpaired) electrons. The molecule has 1 aromatic rings. The van der Waals surface area contributed by atoms with Crippen LogP contribution in [0, 0.1) is 11.6 Å². The van der Waals surface area contributed by atoms with Crippen molar-refractivity contribution in [3.8, 4) is 0 Å². The number of hydrogen-bond donors (Lipinski definition) is 1. The molecule has 0 amide bonds. The van der Waals surface area contributed by atoms with Gasteiger partial charge in [-0.05, 0) is 39.0 Å². The van der Waals surface area contributed by atoms with E-state index in [2.05, 4.69) is 5.32 Å². The van der Waals surface area contributed by atoms with Crippen molar-refractivity contribution in [3.05, 3.63) is 35.4 Å². The molecule has 1 fully saturated rings. The minimum atomic E-state index is -0.578. The van der Waals surface area contributed by atoms with Gasteiger partial charge < -0.3 is 14.8 Å². The predicted octanol–water partition coefficient (Wildman–Crippen LogP) is 2.77. The molecule has 1 N–H and O–H groups in total. The van der Waals surface area contributed by atoms with Gasteiger partial charge in [-0.15, -0.1) is 0 Å². The average molecular weight is 271 g/mol. The quantitative estimate of drug-likeness (QED) is 0.917. The van der Waals surface area contributed by atoms with Crippen molar-refractivity contribution in [2.24, 2.45) is 0 Å². The van der Waals surface area contributed by atoms with Crippen LogP contribution in [-0.2, 0) is 9.47 Å². The second-order valence-corrected chi connectivity index (χ2v) is 5.27. The summed E-state index contributed by atoms with van der Waals surface area (Å²) in [6.07, 6.45) is 0. The molecule has 1 saturated heterocycles. The van der Waals surface area contributed by atoms with Gasteiger partial charge in [0.25, 0.3) is 0 Å². The molecule has 2 rings (SSSR count). The summed E-state index contributed by atoms with van der Waals surface area (Å²) in [5.41, 5.74) is 0.310. The van der Waals surface area contributed by atoms with E-state index < -0.39 is 17.4 Å². The lowest BCUT2D eigenvalue weighted by Gasteiger charge is -2.36. The van der Waals surface area contributed by atoms with Crippen LogP contribution >= 0.6 is 0 Å². The van der Waals surface area contributed by atoms with E-state index in [1.807, 2.05) is 13.8 Å². The minimum Gasteiger partial charge on any atom is -0.349 e. The fraction of sp³-hybridized carbons (Fsp3) is 0.571. The second-order valence-electron chi connectivity index (χ2n) is 5.27. The summed E-state index contributed by atoms with van der Waals surface area (Å²) in [6, 6.07) is 3.11. The highest BCUT2D eigenvalue weighted by molar-refractivity contribution is 5.22. The number of benzene rings is 1. The second kappa shape index (κ2) is 5.53. The van der Waals surface area contributed by atoms with Crippen molar-refractivity contribution in [2.75, 3.05) is 13.2 Å². The lowest BCUT2D eigenvalue weighted by molar-refractivity contribution is -0.253. The van der Waals surface area contributed by atoms with Gasteiger partial charge in [-0.1, -0.05) is 0 Å². The molecule has 1 aromatic carbocycles. The van der Waals surface area contributed by atoms with Gasteiger partial charge in [0.2, 0.25) is 0 Å². The van der Waals surface area contributed by atoms with Crippen LogP contribution in [-0.4, -0.2) is 25.0 Å². The van der Waals surface area contributed by atoms with Crippen molar-refractivity contribution in [3.63, 3.8) is 0 Å². The summed E-state index contributed by atoms with van der Waals surface area (Å²) in [5.74, 6) is -1.44. The van der Waals surface area contributed by atoms with Crippen LogP contribution in [0.4, 0.5) is 8.78 Å². The molecule has 1 aliphatic heterocycles. The topological polar surface area (TPSA) is 30.5 Å². The summed E-state index contributed by atoms with van der Waals surface area (Å²) in [6.45, 7) is 6.44. The first-order chi connectivity index (χ1) is 8.87. The first-order valence-corrected chi connectivity index (χ1v) is 6.36. The van der Waals surface area contributed by atoms with Gasteiger partial charge in [-0.3, -0.25) is 0 Å². The Bertz CT molecular complexity index is 441. The van der Waals surface area contributed by atoms with E-state index in [1.165, 1.54) is 6.07 Å². The Morgan fingerprint density at radius 1 is 1.26 bits per heavy atom. The van der Waals surface area contributed by atoms with Crippen molar-refractivity contribution in [1.82, 2.24) is 5.32 Å². The number of rotatable bonds is 3. The van der Waals surface area contributed by atoms with E-state index >= 15 is 0 Å². The molecule has 5 heteroatoms. The third-order valence-corrected chi connectivity index (χ3v) is 3.17. The molecule has 1 heterocycles. The van der Waals surface area contributed by atoms with Crippen LogP contribution in [0.5, 0.6) is 0 Å². The zero-order chi connectivity index (χ0) is 14.0. The fourth-order valence-corrected chi connectivity index (χ4v) is 2.08. The number of nitrogens with one attached hydrogen (secondary N) is 1. The molecule has 3 nitrogen and oxygen atoms in total. The highest BCUT2D eigenvalue weighted by Gasteiger charge is 2.29. The molecule has 1 atom stereocenters. The van der Waals surface area contributed by atoms with E-state index in [4.69, 9.17) is 9.47 Å². The van der Waals surface area contributed by atoms with Crippen molar-refractivity contribution < 1.29 is 18.3 Å². The standard InChI is InChI=1S/C14H19F2NO2/c1-9(12-6-10(15)4-5-13(12)16)17-11-7-18-14(2,3)19-8-11/h4-6,9,11,17H,7-8H2,1-3H3. The monoisotopic (exact) mass is 271 g/mol. The maximum Gasteiger partial charge on any atom is 0.162 e. The minimum absolute atomic E-state index is 0.0364. The Labute approximate surface area is 111 Å². The van der Waals surface area contributed by atoms with Gasteiger partial charge in [0.1, 0.15) is 11.6 Å². The summed E-state index contributed by atoms with van der Waals surface area (Å²) >= 11 is 0. The molecule has 19 heavy (non-hydrogen) atoms. The number of halogens is 2. The molecule has 106 valence electrons. The van der Waals surface area contributed by atoms with Gasteiger partial charge in [-0.2, -0.15) is 0 Å². The van der Waals surface area contributed by atoms with Gasteiger partial charge in [0.15, 0.2) is 5.79 Å². The molecule has 1 unspecified atom stereocenters. The zero-order valence-corrected chi connectivity index (χ0v) is 11.4.